The van der Waals surface area contributed by atoms with E-state index < -0.39 is 0 Å². The van der Waals surface area contributed by atoms with Gasteiger partial charge in [-0.05, 0) is 63.4 Å². The Morgan fingerprint density at radius 3 is 2.62 bits per heavy atom. The van der Waals surface area contributed by atoms with Crippen LogP contribution in [-0.2, 0) is 9.31 Å². The van der Waals surface area contributed by atoms with Crippen molar-refractivity contribution in [2.24, 2.45) is 0 Å². The van der Waals surface area contributed by atoms with Crippen molar-refractivity contribution >= 4 is 35.3 Å². The molecule has 1 fully saturated rings. The molecule has 0 radical (unpaired) electrons. The molecule has 1 aromatic carbocycles. The fourth-order valence-corrected chi connectivity index (χ4v) is 5.08. The highest BCUT2D eigenvalue weighted by molar-refractivity contribution is 8.08. The van der Waals surface area contributed by atoms with Crippen molar-refractivity contribution in [1.29, 1.82) is 0 Å². The average molecular weight is 363 g/mol. The molecule has 3 heterocycles. The number of fused-ring (bicyclic) bond motifs is 2. The molecule has 0 N–H and O–H groups in total. The number of rotatable bonds is 1. The molecule has 0 bridgehead atoms. The Morgan fingerprint density at radius 1 is 1.08 bits per heavy atom. The molecule has 0 saturated carbocycles. The van der Waals surface area contributed by atoms with Gasteiger partial charge in [0.05, 0.1) is 16.9 Å². The third kappa shape index (κ3) is 2.34. The van der Waals surface area contributed by atoms with Gasteiger partial charge in [0.15, 0.2) is 0 Å². The normalized spacial score (nSPS) is 21.8. The zero-order valence-corrected chi connectivity index (χ0v) is 16.4. The van der Waals surface area contributed by atoms with Gasteiger partial charge in [0.2, 0.25) is 0 Å². The van der Waals surface area contributed by atoms with Crippen LogP contribution in [-0.4, -0.2) is 23.3 Å². The Balaban J connectivity index is 1.59. The number of hydrogen-bond donors (Lipinski definition) is 0. The van der Waals surface area contributed by atoms with Crippen LogP contribution < -0.4 is 15.9 Å². The van der Waals surface area contributed by atoms with Gasteiger partial charge in [0, 0.05) is 26.8 Å². The van der Waals surface area contributed by atoms with Crippen LogP contribution in [0.15, 0.2) is 35.4 Å². The fourth-order valence-electron chi connectivity index (χ4n) is 3.81. The SMILES string of the molecule is CC1(C)OB(c2ccc3c(c2)SC2=c4c-3nccc4=CCC2)OC1(C)C. The Hall–Kier alpha value is -1.56. The largest absolute Gasteiger partial charge is 0.494 e. The number of benzene rings is 1. The van der Waals surface area contributed by atoms with Crippen molar-refractivity contribution in [3.8, 4) is 11.3 Å². The average Bonchev–Trinajstić information content (AvgIpc) is 2.83. The first-order valence-corrected chi connectivity index (χ1v) is 10.0. The van der Waals surface area contributed by atoms with Crippen LogP contribution in [0.2, 0.25) is 0 Å². The first kappa shape index (κ1) is 16.6. The summed E-state index contributed by atoms with van der Waals surface area (Å²) in [6.45, 7) is 8.37. The van der Waals surface area contributed by atoms with Crippen molar-refractivity contribution in [2.45, 2.75) is 56.6 Å². The van der Waals surface area contributed by atoms with Crippen LogP contribution in [0.4, 0.5) is 0 Å². The summed E-state index contributed by atoms with van der Waals surface area (Å²) in [5, 5.41) is 2.66. The zero-order chi connectivity index (χ0) is 18.1. The van der Waals surface area contributed by atoms with Crippen LogP contribution in [0.3, 0.4) is 0 Å². The van der Waals surface area contributed by atoms with Gasteiger partial charge >= 0.3 is 7.12 Å². The molecule has 0 unspecified atom stereocenters. The molecule has 5 heteroatoms. The molecule has 0 atom stereocenters. The predicted molar refractivity (Wildman–Crippen MR) is 108 cm³/mol. The zero-order valence-electron chi connectivity index (χ0n) is 15.6. The topological polar surface area (TPSA) is 31.4 Å². The van der Waals surface area contributed by atoms with Crippen molar-refractivity contribution in [2.75, 3.05) is 0 Å². The van der Waals surface area contributed by atoms with Crippen LogP contribution in [0.1, 0.15) is 40.5 Å². The van der Waals surface area contributed by atoms with Gasteiger partial charge in [-0.15, -0.1) is 0 Å². The van der Waals surface area contributed by atoms with Gasteiger partial charge in [-0.25, -0.2) is 0 Å². The predicted octanol–water partition coefficient (Wildman–Crippen LogP) is 2.84. The lowest BCUT2D eigenvalue weighted by Gasteiger charge is -2.32. The maximum atomic E-state index is 6.24. The Kier molecular flexibility index (Phi) is 3.50. The molecule has 5 rings (SSSR count). The summed E-state index contributed by atoms with van der Waals surface area (Å²) in [6.07, 6.45) is 6.45. The van der Waals surface area contributed by atoms with Crippen LogP contribution in [0.25, 0.3) is 22.2 Å². The highest BCUT2D eigenvalue weighted by Gasteiger charge is 2.51. The quantitative estimate of drug-likeness (QED) is 0.730. The van der Waals surface area contributed by atoms with Crippen LogP contribution in [0, 0.1) is 0 Å². The molecule has 2 aromatic rings. The van der Waals surface area contributed by atoms with Crippen LogP contribution in [0.5, 0.6) is 0 Å². The van der Waals surface area contributed by atoms with E-state index in [1.807, 2.05) is 18.0 Å². The van der Waals surface area contributed by atoms with E-state index in [4.69, 9.17) is 14.3 Å². The van der Waals surface area contributed by atoms with E-state index in [0.29, 0.717) is 0 Å². The smallest absolute Gasteiger partial charge is 0.399 e. The van der Waals surface area contributed by atoms with E-state index in [9.17, 15) is 0 Å². The third-order valence-corrected chi connectivity index (χ3v) is 7.23. The second kappa shape index (κ2) is 5.48. The van der Waals surface area contributed by atoms with Crippen molar-refractivity contribution in [1.82, 2.24) is 4.98 Å². The number of aromatic nitrogens is 1. The van der Waals surface area contributed by atoms with E-state index in [0.717, 1.165) is 24.0 Å². The minimum Gasteiger partial charge on any atom is -0.399 e. The lowest BCUT2D eigenvalue weighted by molar-refractivity contribution is 0.00578. The van der Waals surface area contributed by atoms with Gasteiger partial charge in [-0.3, -0.25) is 4.98 Å². The lowest BCUT2D eigenvalue weighted by Crippen LogP contribution is -2.41. The molecule has 1 aromatic heterocycles. The Labute approximate surface area is 158 Å². The molecule has 2 aliphatic heterocycles. The Morgan fingerprint density at radius 2 is 1.85 bits per heavy atom. The highest BCUT2D eigenvalue weighted by Crippen LogP contribution is 2.41. The number of nitrogens with zero attached hydrogens (tertiary/aromatic N) is 1. The molecule has 132 valence electrons. The van der Waals surface area contributed by atoms with Crippen molar-refractivity contribution < 1.29 is 9.31 Å². The number of thioether (sulfide) groups is 1. The highest BCUT2D eigenvalue weighted by atomic mass is 32.2. The van der Waals surface area contributed by atoms with Gasteiger partial charge in [0.1, 0.15) is 0 Å². The van der Waals surface area contributed by atoms with Gasteiger partial charge in [-0.2, -0.15) is 0 Å². The van der Waals surface area contributed by atoms with E-state index in [2.05, 4.69) is 58.0 Å². The number of pyridine rings is 1. The summed E-state index contributed by atoms with van der Waals surface area (Å²) < 4.78 is 12.5. The third-order valence-electron chi connectivity index (χ3n) is 6.02. The van der Waals surface area contributed by atoms with Gasteiger partial charge in [-0.1, -0.05) is 30.0 Å². The molecule has 0 spiro atoms. The Bertz CT molecular complexity index is 1030. The maximum Gasteiger partial charge on any atom is 0.494 e. The molecule has 1 saturated heterocycles. The first-order chi connectivity index (χ1) is 12.4. The maximum absolute atomic E-state index is 6.24. The standard InChI is InChI=1S/C21H22BNO2S/c1-20(2)21(3,4)25-22(24-20)14-8-9-15-17(12-14)26-16-7-5-6-13-10-11-23-19(15)18(13)16/h6,8-12H,5,7H2,1-4H3. The first-order valence-electron chi connectivity index (χ1n) is 9.22. The van der Waals surface area contributed by atoms with Gasteiger partial charge in [0.25, 0.3) is 0 Å². The minimum absolute atomic E-state index is 0.322. The minimum atomic E-state index is -0.323. The summed E-state index contributed by atoms with van der Waals surface area (Å²) in [4.78, 5) is 7.40. The van der Waals surface area contributed by atoms with E-state index in [1.54, 1.807) is 0 Å². The van der Waals surface area contributed by atoms with E-state index >= 15 is 0 Å². The second-order valence-corrected chi connectivity index (χ2v) is 9.37. The summed E-state index contributed by atoms with van der Waals surface area (Å²) in [6, 6.07) is 8.66. The summed E-state index contributed by atoms with van der Waals surface area (Å²) in [5.41, 5.74) is 2.77. The molecule has 26 heavy (non-hydrogen) atoms. The summed E-state index contributed by atoms with van der Waals surface area (Å²) in [7, 11) is -0.323. The molecular weight excluding hydrogens is 341 g/mol. The second-order valence-electron chi connectivity index (χ2n) is 8.24. The van der Waals surface area contributed by atoms with Gasteiger partial charge < -0.3 is 9.31 Å². The van der Waals surface area contributed by atoms with E-state index in [1.165, 1.54) is 25.8 Å². The van der Waals surface area contributed by atoms with Crippen molar-refractivity contribution in [3.63, 3.8) is 0 Å². The number of hydrogen-bond acceptors (Lipinski definition) is 4. The molecule has 3 aliphatic rings. The molecule has 0 amide bonds. The lowest BCUT2D eigenvalue weighted by atomic mass is 9.78. The van der Waals surface area contributed by atoms with E-state index in [-0.39, 0.29) is 18.3 Å². The molecule has 3 nitrogen and oxygen atoms in total. The monoisotopic (exact) mass is 363 g/mol. The fraction of sp³-hybridized carbons (Fsp3) is 0.381. The van der Waals surface area contributed by atoms with Crippen LogP contribution >= 0.6 is 11.8 Å². The summed E-state index contributed by atoms with van der Waals surface area (Å²) >= 11 is 1.88. The molecular formula is C21H22BNO2S. The summed E-state index contributed by atoms with van der Waals surface area (Å²) in [5.74, 6) is 0. The van der Waals surface area contributed by atoms with Crippen molar-refractivity contribution in [3.05, 3.63) is 40.9 Å². The molecule has 1 aliphatic carbocycles.